The van der Waals surface area contributed by atoms with Crippen molar-refractivity contribution in [3.05, 3.63) is 0 Å². The van der Waals surface area contributed by atoms with E-state index in [-0.39, 0.29) is 82.5 Å². The lowest BCUT2D eigenvalue weighted by molar-refractivity contribution is -0.159. The van der Waals surface area contributed by atoms with E-state index >= 15 is 0 Å². The summed E-state index contributed by atoms with van der Waals surface area (Å²) in [6.45, 7) is 12.9. The molecule has 0 amide bonds. The molecule has 0 rings (SSSR count). The third-order valence-electron chi connectivity index (χ3n) is 7.15. The minimum absolute atomic E-state index is 0.0433. The van der Waals surface area contributed by atoms with E-state index in [4.69, 9.17) is 66.6 Å². The first-order valence-electron chi connectivity index (χ1n) is 18.2. The monoisotopic (exact) mass is 752 g/mol. The molecule has 0 aromatic carbocycles. The predicted octanol–water partition coefficient (Wildman–Crippen LogP) is 3.48. The summed E-state index contributed by atoms with van der Waals surface area (Å²) in [5.74, 6) is 6.74. The molecule has 0 saturated carbocycles. The Labute approximate surface area is 318 Å². The van der Waals surface area contributed by atoms with Crippen LogP contribution in [0.15, 0.2) is 0 Å². The third-order valence-corrected chi connectivity index (χ3v) is 7.15. The van der Waals surface area contributed by atoms with Crippen LogP contribution in [0.2, 0.25) is 0 Å². The fraction of sp³-hybridized carbons (Fsp3) is 0.775. The Bertz CT molecular complexity index is 1030. The highest BCUT2D eigenvalue weighted by molar-refractivity contribution is 5.80. The molecule has 1 atom stereocenters. The fourth-order valence-electron chi connectivity index (χ4n) is 4.55. The van der Waals surface area contributed by atoms with Crippen LogP contribution in [-0.4, -0.2) is 142 Å². The number of rotatable bonds is 37. The summed E-state index contributed by atoms with van der Waals surface area (Å²) in [5, 5.41) is 0. The van der Waals surface area contributed by atoms with Gasteiger partial charge in [0.2, 0.25) is 0 Å². The van der Waals surface area contributed by atoms with Gasteiger partial charge in [-0.25, -0.2) is 0 Å². The predicted molar refractivity (Wildman–Crippen MR) is 199 cm³/mol. The summed E-state index contributed by atoms with van der Waals surface area (Å²) in [7, 11) is 0. The second kappa shape index (κ2) is 33.7. The number of esters is 1. The van der Waals surface area contributed by atoms with Gasteiger partial charge in [0, 0.05) is 37.7 Å². The molecular formula is C40H64O13. The van der Waals surface area contributed by atoms with Crippen LogP contribution in [0.4, 0.5) is 0 Å². The van der Waals surface area contributed by atoms with Gasteiger partial charge >= 0.3 is 5.97 Å². The first-order chi connectivity index (χ1) is 25.5. The van der Waals surface area contributed by atoms with Crippen molar-refractivity contribution in [1.29, 1.82) is 0 Å². The molecule has 0 N–H and O–H groups in total. The maximum absolute atomic E-state index is 12.8. The number of hydrogen-bond acceptors (Lipinski definition) is 13. The lowest BCUT2D eigenvalue weighted by Gasteiger charge is -2.32. The highest BCUT2D eigenvalue weighted by atomic mass is 16.6. The Kier molecular flexibility index (Phi) is 31.9. The zero-order valence-corrected chi connectivity index (χ0v) is 32.6. The fourth-order valence-corrected chi connectivity index (χ4v) is 4.55. The molecule has 0 aliphatic rings. The van der Waals surface area contributed by atoms with Gasteiger partial charge in [0.1, 0.15) is 37.0 Å². The minimum atomic E-state index is -0.779. The van der Waals surface area contributed by atoms with Crippen molar-refractivity contribution in [3.63, 3.8) is 0 Å². The molecule has 0 radical (unpaired) electrons. The van der Waals surface area contributed by atoms with Crippen molar-refractivity contribution in [2.75, 3.05) is 119 Å². The first-order valence-corrected chi connectivity index (χ1v) is 18.2. The lowest BCUT2D eigenvalue weighted by Crippen LogP contribution is -2.40. The van der Waals surface area contributed by atoms with Crippen LogP contribution >= 0.6 is 0 Å². The number of Topliss-reactive ketones (excluding diaryl/α,β-unsaturated/α-hetero) is 2. The molecule has 53 heavy (non-hydrogen) atoms. The van der Waals surface area contributed by atoms with Crippen molar-refractivity contribution in [2.24, 2.45) is 11.3 Å². The Balaban J connectivity index is 3.74. The molecule has 0 saturated heterocycles. The SMILES string of the molecule is C#CCOCC(COCC#C)(COCC#C)CC(=O)CCOCCOCCOCCOCCOCCOCCCC(=O)CCC(C)C(=O)OC(C)(C)C. The summed E-state index contributed by atoms with van der Waals surface area (Å²) in [4.78, 5) is 36.9. The molecule has 0 aromatic heterocycles. The smallest absolute Gasteiger partial charge is 0.309 e. The van der Waals surface area contributed by atoms with Crippen LogP contribution in [-0.2, 0) is 61.8 Å². The molecule has 0 aliphatic carbocycles. The van der Waals surface area contributed by atoms with Crippen molar-refractivity contribution < 1.29 is 61.8 Å². The highest BCUT2D eigenvalue weighted by Crippen LogP contribution is 2.26. The second-order valence-corrected chi connectivity index (χ2v) is 13.3. The quantitative estimate of drug-likeness (QED) is 0.0520. The van der Waals surface area contributed by atoms with Gasteiger partial charge in [0.25, 0.3) is 0 Å². The van der Waals surface area contributed by atoms with E-state index in [2.05, 4.69) is 17.8 Å². The molecule has 1 unspecified atom stereocenters. The Morgan fingerprint density at radius 2 is 0.925 bits per heavy atom. The van der Waals surface area contributed by atoms with Crippen molar-refractivity contribution in [1.82, 2.24) is 0 Å². The molecule has 0 aromatic rings. The molecule has 0 aliphatic heterocycles. The van der Waals surface area contributed by atoms with Gasteiger partial charge in [-0.3, -0.25) is 14.4 Å². The maximum Gasteiger partial charge on any atom is 0.309 e. The van der Waals surface area contributed by atoms with E-state index in [1.54, 1.807) is 6.92 Å². The number of hydrogen-bond donors (Lipinski definition) is 0. The molecule has 0 fully saturated rings. The Morgan fingerprint density at radius 3 is 1.32 bits per heavy atom. The van der Waals surface area contributed by atoms with E-state index in [9.17, 15) is 14.4 Å². The summed E-state index contributed by atoms with van der Waals surface area (Å²) in [6, 6.07) is 0. The molecule has 13 heteroatoms. The Morgan fingerprint density at radius 1 is 0.528 bits per heavy atom. The van der Waals surface area contributed by atoms with Gasteiger partial charge in [-0.15, -0.1) is 19.3 Å². The average Bonchev–Trinajstić information content (AvgIpc) is 3.10. The number of carbonyl (C=O) groups excluding carboxylic acids is 3. The van der Waals surface area contributed by atoms with Crippen LogP contribution in [0.5, 0.6) is 0 Å². The molecule has 0 spiro atoms. The summed E-state index contributed by atoms with van der Waals surface area (Å²) < 4.78 is 55.0. The highest BCUT2D eigenvalue weighted by Gasteiger charge is 2.34. The van der Waals surface area contributed by atoms with E-state index in [0.29, 0.717) is 98.4 Å². The van der Waals surface area contributed by atoms with E-state index in [1.165, 1.54) is 0 Å². The molecule has 0 bridgehead atoms. The largest absolute Gasteiger partial charge is 0.460 e. The maximum atomic E-state index is 12.8. The summed E-state index contributed by atoms with van der Waals surface area (Å²) in [5.41, 5.74) is -1.30. The van der Waals surface area contributed by atoms with Gasteiger partial charge in [-0.05, 0) is 33.6 Å². The molecule has 0 heterocycles. The van der Waals surface area contributed by atoms with Crippen LogP contribution in [0.1, 0.15) is 66.2 Å². The van der Waals surface area contributed by atoms with E-state index < -0.39 is 11.0 Å². The molecule has 13 nitrogen and oxygen atoms in total. The van der Waals surface area contributed by atoms with E-state index in [0.717, 1.165) is 0 Å². The van der Waals surface area contributed by atoms with Crippen molar-refractivity contribution in [2.45, 2.75) is 71.8 Å². The Hall–Kier alpha value is -2.87. The van der Waals surface area contributed by atoms with Gasteiger partial charge in [-0.1, -0.05) is 24.7 Å². The van der Waals surface area contributed by atoms with Crippen LogP contribution in [0, 0.1) is 48.4 Å². The zero-order valence-electron chi connectivity index (χ0n) is 32.6. The van der Waals surface area contributed by atoms with Crippen LogP contribution in [0.3, 0.4) is 0 Å². The molecular weight excluding hydrogens is 688 g/mol. The third kappa shape index (κ3) is 32.3. The van der Waals surface area contributed by atoms with E-state index in [1.807, 2.05) is 20.8 Å². The molecule has 302 valence electrons. The van der Waals surface area contributed by atoms with Crippen molar-refractivity contribution >= 4 is 17.5 Å². The van der Waals surface area contributed by atoms with Crippen molar-refractivity contribution in [3.8, 4) is 37.0 Å². The van der Waals surface area contributed by atoms with Gasteiger partial charge < -0.3 is 47.4 Å². The van der Waals surface area contributed by atoms with Gasteiger partial charge in [0.05, 0.1) is 98.4 Å². The number of carbonyl (C=O) groups is 3. The van der Waals surface area contributed by atoms with Crippen LogP contribution < -0.4 is 0 Å². The van der Waals surface area contributed by atoms with Gasteiger partial charge in [-0.2, -0.15) is 0 Å². The number of ether oxygens (including phenoxy) is 10. The summed E-state index contributed by atoms with van der Waals surface area (Å²) >= 11 is 0. The van der Waals surface area contributed by atoms with Gasteiger partial charge in [0.15, 0.2) is 0 Å². The van der Waals surface area contributed by atoms with Crippen LogP contribution in [0.25, 0.3) is 0 Å². The summed E-state index contributed by atoms with van der Waals surface area (Å²) in [6.07, 6.45) is 18.1. The average molecular weight is 753 g/mol. The number of terminal acetylenes is 3. The standard InChI is InChI=1S/C40H64O13/c1-8-16-50-32-40(33-51-17-9-2,34-52-18-10-3)31-37(42)15-20-45-22-24-47-26-28-49-30-29-48-27-25-46-23-21-44-19-11-12-36(41)14-13-35(4)38(43)53-39(5,6)7/h1-3,35H,11-34H2,4-7H3. The second-order valence-electron chi connectivity index (χ2n) is 13.3. The minimum Gasteiger partial charge on any atom is -0.460 e. The lowest BCUT2D eigenvalue weighted by atomic mass is 9.84. The topological polar surface area (TPSA) is 144 Å². The normalized spacial score (nSPS) is 12.1. The zero-order chi connectivity index (χ0) is 39.5. The number of ketones is 2. The first kappa shape index (κ1) is 50.1.